The molecule has 5 nitrogen and oxygen atoms in total. The highest BCUT2D eigenvalue weighted by Crippen LogP contribution is 2.16. The summed E-state index contributed by atoms with van der Waals surface area (Å²) in [5.74, 6) is -1.80. The van der Waals surface area contributed by atoms with Gasteiger partial charge in [0.15, 0.2) is 18.2 Å². The highest BCUT2D eigenvalue weighted by molar-refractivity contribution is 5.73. The first-order chi connectivity index (χ1) is 11.7. The fraction of sp³-hybridized carbons (Fsp3) is 0.533. The van der Waals surface area contributed by atoms with Crippen LogP contribution < -0.4 is 10.8 Å². The van der Waals surface area contributed by atoms with Crippen molar-refractivity contribution in [3.8, 4) is 0 Å². The number of hydroxylamine groups is 1. The zero-order chi connectivity index (χ0) is 18.4. The van der Waals surface area contributed by atoms with E-state index in [1.165, 1.54) is 6.07 Å². The van der Waals surface area contributed by atoms with Gasteiger partial charge < -0.3 is 5.32 Å². The molecule has 1 aliphatic rings. The summed E-state index contributed by atoms with van der Waals surface area (Å²) in [4.78, 5) is 17.5. The maximum atomic E-state index is 13.2. The average Bonchev–Trinajstić information content (AvgIpc) is 2.51. The van der Waals surface area contributed by atoms with Gasteiger partial charge in [-0.25, -0.2) is 19.1 Å². The van der Waals surface area contributed by atoms with E-state index in [1.54, 1.807) is 5.48 Å². The standard InChI is InChI=1S/C15H18F5N3O2/c16-12-2-1-10(7-13(12)17)8-23-5-3-11(4-6-23)21-14(24)22-25-9-15(18,19)20/h1-2,7,11H,3-6,8-9H2,(H2,21,22,24). The van der Waals surface area contributed by atoms with Gasteiger partial charge in [-0.1, -0.05) is 6.07 Å². The van der Waals surface area contributed by atoms with Crippen molar-refractivity contribution < 1.29 is 31.6 Å². The molecule has 1 heterocycles. The summed E-state index contributed by atoms with van der Waals surface area (Å²) in [6, 6.07) is 2.70. The molecule has 1 fully saturated rings. The SMILES string of the molecule is O=C(NOCC(F)(F)F)NC1CCN(Cc2ccc(F)c(F)c2)CC1. The fourth-order valence-electron chi connectivity index (χ4n) is 2.53. The second-order valence-corrected chi connectivity index (χ2v) is 5.78. The van der Waals surface area contributed by atoms with E-state index in [4.69, 9.17) is 0 Å². The molecule has 2 amide bonds. The van der Waals surface area contributed by atoms with Crippen molar-refractivity contribution in [2.24, 2.45) is 0 Å². The van der Waals surface area contributed by atoms with E-state index in [0.717, 1.165) is 12.1 Å². The number of urea groups is 1. The van der Waals surface area contributed by atoms with Crippen LogP contribution in [0.4, 0.5) is 26.7 Å². The maximum absolute atomic E-state index is 13.2. The number of nitrogens with one attached hydrogen (secondary N) is 2. The molecule has 0 saturated carbocycles. The average molecular weight is 367 g/mol. The summed E-state index contributed by atoms with van der Waals surface area (Å²) in [7, 11) is 0. The molecule has 0 atom stereocenters. The van der Waals surface area contributed by atoms with Gasteiger partial charge in [0.05, 0.1) is 0 Å². The molecule has 0 aliphatic carbocycles. The number of nitrogens with zero attached hydrogens (tertiary/aromatic N) is 1. The van der Waals surface area contributed by atoms with Crippen LogP contribution in [-0.2, 0) is 11.4 Å². The van der Waals surface area contributed by atoms with Crippen LogP contribution in [0.5, 0.6) is 0 Å². The molecule has 2 N–H and O–H groups in total. The topological polar surface area (TPSA) is 53.6 Å². The number of halogens is 5. The minimum absolute atomic E-state index is 0.198. The van der Waals surface area contributed by atoms with Gasteiger partial charge in [0.1, 0.15) is 0 Å². The Morgan fingerprint density at radius 2 is 1.88 bits per heavy atom. The largest absolute Gasteiger partial charge is 0.414 e. The second kappa shape index (κ2) is 8.43. The Kier molecular flexibility index (Phi) is 6.54. The van der Waals surface area contributed by atoms with Crippen LogP contribution in [0.2, 0.25) is 0 Å². The molecule has 140 valence electrons. The van der Waals surface area contributed by atoms with Crippen LogP contribution in [0.25, 0.3) is 0 Å². The lowest BCUT2D eigenvalue weighted by molar-refractivity contribution is -0.184. The van der Waals surface area contributed by atoms with Gasteiger partial charge in [-0.2, -0.15) is 13.2 Å². The number of alkyl halides is 3. The van der Waals surface area contributed by atoms with E-state index in [-0.39, 0.29) is 6.04 Å². The first kappa shape index (κ1) is 19.4. The molecular weight excluding hydrogens is 349 g/mol. The van der Waals surface area contributed by atoms with Crippen molar-refractivity contribution >= 4 is 6.03 Å². The zero-order valence-corrected chi connectivity index (χ0v) is 13.2. The van der Waals surface area contributed by atoms with Crippen molar-refractivity contribution in [1.29, 1.82) is 0 Å². The molecule has 0 radical (unpaired) electrons. The summed E-state index contributed by atoms with van der Waals surface area (Å²) in [6.45, 7) is 0.0958. The van der Waals surface area contributed by atoms with E-state index in [1.807, 2.05) is 4.90 Å². The summed E-state index contributed by atoms with van der Waals surface area (Å²) in [6.07, 6.45) is -3.36. The number of piperidine rings is 1. The summed E-state index contributed by atoms with van der Waals surface area (Å²) >= 11 is 0. The van der Waals surface area contributed by atoms with Gasteiger partial charge >= 0.3 is 12.2 Å². The van der Waals surface area contributed by atoms with Crippen LogP contribution >= 0.6 is 0 Å². The Balaban J connectivity index is 1.68. The van der Waals surface area contributed by atoms with Crippen LogP contribution in [0.3, 0.4) is 0 Å². The third kappa shape index (κ3) is 6.83. The molecule has 0 unspecified atom stereocenters. The van der Waals surface area contributed by atoms with E-state index in [2.05, 4.69) is 10.2 Å². The summed E-state index contributed by atoms with van der Waals surface area (Å²) in [5, 5.41) is 2.53. The number of amides is 2. The number of rotatable bonds is 5. The molecule has 2 rings (SSSR count). The third-order valence-electron chi connectivity index (χ3n) is 3.71. The Morgan fingerprint density at radius 3 is 2.48 bits per heavy atom. The van der Waals surface area contributed by atoms with Gasteiger partial charge in [-0.05, 0) is 30.5 Å². The molecule has 10 heteroatoms. The normalized spacial score (nSPS) is 16.7. The highest BCUT2D eigenvalue weighted by atomic mass is 19.4. The molecule has 1 saturated heterocycles. The van der Waals surface area contributed by atoms with Crippen molar-refractivity contribution in [3.63, 3.8) is 0 Å². The minimum atomic E-state index is -4.52. The number of carbonyl (C=O) groups is 1. The lowest BCUT2D eigenvalue weighted by Crippen LogP contribution is -2.48. The van der Waals surface area contributed by atoms with Gasteiger partial charge in [0.2, 0.25) is 0 Å². The number of likely N-dealkylation sites (tertiary alicyclic amines) is 1. The molecule has 1 aliphatic heterocycles. The van der Waals surface area contributed by atoms with Gasteiger partial charge in [-0.3, -0.25) is 9.74 Å². The van der Waals surface area contributed by atoms with Crippen LogP contribution in [0.1, 0.15) is 18.4 Å². The Bertz CT molecular complexity index is 589. The number of hydrogen-bond donors (Lipinski definition) is 2. The first-order valence-electron chi connectivity index (χ1n) is 7.64. The van der Waals surface area contributed by atoms with Crippen molar-refractivity contribution in [2.45, 2.75) is 31.6 Å². The van der Waals surface area contributed by atoms with Gasteiger partial charge in [0.25, 0.3) is 0 Å². The number of benzene rings is 1. The van der Waals surface area contributed by atoms with Crippen LogP contribution in [0, 0.1) is 11.6 Å². The monoisotopic (exact) mass is 367 g/mol. The first-order valence-corrected chi connectivity index (χ1v) is 7.64. The quantitative estimate of drug-likeness (QED) is 0.622. The Morgan fingerprint density at radius 1 is 1.20 bits per heavy atom. The predicted octanol–water partition coefficient (Wildman–Crippen LogP) is 2.72. The van der Waals surface area contributed by atoms with Crippen LogP contribution in [-0.4, -0.2) is 42.8 Å². The van der Waals surface area contributed by atoms with E-state index < -0.39 is 30.4 Å². The molecule has 1 aromatic carbocycles. The lowest BCUT2D eigenvalue weighted by Gasteiger charge is -2.32. The molecule has 0 bridgehead atoms. The van der Waals surface area contributed by atoms with E-state index in [9.17, 15) is 26.7 Å². The number of hydrogen-bond acceptors (Lipinski definition) is 3. The molecule has 1 aromatic rings. The minimum Gasteiger partial charge on any atom is -0.334 e. The smallest absolute Gasteiger partial charge is 0.334 e. The summed E-state index contributed by atoms with van der Waals surface area (Å²) < 4.78 is 61.7. The van der Waals surface area contributed by atoms with Crippen molar-refractivity contribution in [2.75, 3.05) is 19.7 Å². The van der Waals surface area contributed by atoms with Crippen molar-refractivity contribution in [1.82, 2.24) is 15.7 Å². The summed E-state index contributed by atoms with van der Waals surface area (Å²) in [5.41, 5.74) is 2.33. The Labute approximate surface area is 141 Å². The highest BCUT2D eigenvalue weighted by Gasteiger charge is 2.28. The van der Waals surface area contributed by atoms with Crippen LogP contribution in [0.15, 0.2) is 18.2 Å². The van der Waals surface area contributed by atoms with Gasteiger partial charge in [-0.15, -0.1) is 0 Å². The lowest BCUT2D eigenvalue weighted by atomic mass is 10.0. The van der Waals surface area contributed by atoms with Gasteiger partial charge in [0, 0.05) is 25.7 Å². The van der Waals surface area contributed by atoms with Crippen molar-refractivity contribution in [3.05, 3.63) is 35.4 Å². The maximum Gasteiger partial charge on any atom is 0.414 e. The Hall–Kier alpha value is -1.94. The fourth-order valence-corrected chi connectivity index (χ4v) is 2.53. The molecule has 0 aromatic heterocycles. The molecule has 25 heavy (non-hydrogen) atoms. The predicted molar refractivity (Wildman–Crippen MR) is 78.3 cm³/mol. The molecular formula is C15H18F5N3O2. The third-order valence-corrected chi connectivity index (χ3v) is 3.71. The second-order valence-electron chi connectivity index (χ2n) is 5.78. The van der Waals surface area contributed by atoms with E-state index in [0.29, 0.717) is 38.0 Å². The zero-order valence-electron chi connectivity index (χ0n) is 13.2. The molecule has 0 spiro atoms. The van der Waals surface area contributed by atoms with E-state index >= 15 is 0 Å². The number of carbonyl (C=O) groups excluding carboxylic acids is 1.